The number of hydrogen-bond donors (Lipinski definition) is 0. The van der Waals surface area contributed by atoms with Crippen molar-refractivity contribution < 1.29 is 14.3 Å². The maximum atomic E-state index is 8.57. The van der Waals surface area contributed by atoms with Gasteiger partial charge in [0.25, 0.3) is 0 Å². The molecule has 1 aromatic rings. The zero-order chi connectivity index (χ0) is 8.81. The molecule has 0 fully saturated rings. The minimum Gasteiger partial charge on any atom is -0.454 e. The third-order valence-electron chi connectivity index (χ3n) is 1.28. The first-order valence-corrected chi connectivity index (χ1v) is 3.70. The van der Waals surface area contributed by atoms with E-state index in [4.69, 9.17) is 14.3 Å². The Hall–Kier alpha value is -1.22. The number of benzene rings is 1. The number of halogens is 1. The Morgan fingerprint density at radius 1 is 1.25 bits per heavy atom. The largest absolute Gasteiger partial charge is 0.454 e. The SMILES string of the molecule is O=CCl.c1ccc2c(c1)OCO2. The average Bonchev–Trinajstić information content (AvgIpc) is 2.52. The molecule has 0 aromatic heterocycles. The van der Waals surface area contributed by atoms with Gasteiger partial charge in [-0.3, -0.25) is 4.79 Å². The van der Waals surface area contributed by atoms with Crippen molar-refractivity contribution in [2.24, 2.45) is 0 Å². The van der Waals surface area contributed by atoms with Crippen molar-refractivity contribution >= 4 is 17.3 Å². The van der Waals surface area contributed by atoms with Gasteiger partial charge in [0.15, 0.2) is 11.5 Å². The van der Waals surface area contributed by atoms with Crippen LogP contribution in [0.5, 0.6) is 11.5 Å². The van der Waals surface area contributed by atoms with Gasteiger partial charge in [0.05, 0.1) is 0 Å². The molecule has 1 heterocycles. The minimum absolute atomic E-state index is 0.222. The fourth-order valence-electron chi connectivity index (χ4n) is 0.845. The van der Waals surface area contributed by atoms with E-state index in [2.05, 4.69) is 11.6 Å². The number of carbonyl (C=O) groups excluding carboxylic acids is 1. The summed E-state index contributed by atoms with van der Waals surface area (Å²) < 4.78 is 10.2. The Kier molecular flexibility index (Phi) is 3.41. The van der Waals surface area contributed by atoms with Crippen LogP contribution in [0.2, 0.25) is 0 Å². The number of rotatable bonds is 0. The van der Waals surface area contributed by atoms with Gasteiger partial charge < -0.3 is 9.47 Å². The molecule has 0 radical (unpaired) electrons. The average molecular weight is 187 g/mol. The van der Waals surface area contributed by atoms with Gasteiger partial charge in [0.2, 0.25) is 12.5 Å². The van der Waals surface area contributed by atoms with Crippen LogP contribution in [0.25, 0.3) is 0 Å². The highest BCUT2D eigenvalue weighted by Crippen LogP contribution is 2.30. The van der Waals surface area contributed by atoms with E-state index in [1.165, 1.54) is 0 Å². The Labute approximate surface area is 74.9 Å². The van der Waals surface area contributed by atoms with E-state index >= 15 is 0 Å². The molecule has 0 N–H and O–H groups in total. The van der Waals surface area contributed by atoms with E-state index in [-0.39, 0.29) is 5.75 Å². The second kappa shape index (κ2) is 4.62. The number of para-hydroxylation sites is 2. The van der Waals surface area contributed by atoms with Crippen LogP contribution in [0.4, 0.5) is 0 Å². The van der Waals surface area contributed by atoms with Gasteiger partial charge in [-0.1, -0.05) is 12.1 Å². The molecule has 0 amide bonds. The lowest BCUT2D eigenvalue weighted by Gasteiger charge is -1.89. The van der Waals surface area contributed by atoms with Gasteiger partial charge in [-0.25, -0.2) is 0 Å². The van der Waals surface area contributed by atoms with Gasteiger partial charge >= 0.3 is 0 Å². The monoisotopic (exact) mass is 186 g/mol. The second-order valence-corrected chi connectivity index (χ2v) is 2.12. The Morgan fingerprint density at radius 2 is 1.67 bits per heavy atom. The van der Waals surface area contributed by atoms with Crippen LogP contribution in [0.1, 0.15) is 0 Å². The summed E-state index contributed by atoms with van der Waals surface area (Å²) in [5, 5.41) is 0. The zero-order valence-corrected chi connectivity index (χ0v) is 6.95. The molecule has 64 valence electrons. The van der Waals surface area contributed by atoms with Gasteiger partial charge in [-0.15, -0.1) is 0 Å². The second-order valence-electron chi connectivity index (χ2n) is 1.94. The molecule has 0 saturated heterocycles. The van der Waals surface area contributed by atoms with E-state index < -0.39 is 0 Å². The van der Waals surface area contributed by atoms with Crippen molar-refractivity contribution in [2.75, 3.05) is 6.79 Å². The molecule has 3 nitrogen and oxygen atoms in total. The van der Waals surface area contributed by atoms with Crippen molar-refractivity contribution in [3.63, 3.8) is 0 Å². The van der Waals surface area contributed by atoms with Crippen molar-refractivity contribution in [1.82, 2.24) is 0 Å². The fourth-order valence-corrected chi connectivity index (χ4v) is 0.845. The fraction of sp³-hybridized carbons (Fsp3) is 0.125. The minimum atomic E-state index is 0.222. The molecular weight excluding hydrogens is 180 g/mol. The molecule has 4 heteroatoms. The molecule has 12 heavy (non-hydrogen) atoms. The van der Waals surface area contributed by atoms with Gasteiger partial charge in [0, 0.05) is 0 Å². The van der Waals surface area contributed by atoms with Gasteiger partial charge in [0.1, 0.15) is 0 Å². The quantitative estimate of drug-likeness (QED) is 0.458. The van der Waals surface area contributed by atoms with Crippen LogP contribution >= 0.6 is 11.6 Å². The van der Waals surface area contributed by atoms with Crippen molar-refractivity contribution in [3.8, 4) is 11.5 Å². The maximum Gasteiger partial charge on any atom is 0.231 e. The maximum absolute atomic E-state index is 8.57. The number of hydrogen-bond acceptors (Lipinski definition) is 3. The lowest BCUT2D eigenvalue weighted by atomic mass is 10.3. The molecular formula is C8H7ClO3. The summed E-state index contributed by atoms with van der Waals surface area (Å²) in [6.45, 7) is 0.360. The third kappa shape index (κ3) is 2.13. The normalized spacial score (nSPS) is 11.4. The third-order valence-corrected chi connectivity index (χ3v) is 1.28. The smallest absolute Gasteiger partial charge is 0.231 e. The summed E-state index contributed by atoms with van der Waals surface area (Å²) in [6, 6.07) is 7.63. The molecule has 1 aromatic carbocycles. The lowest BCUT2D eigenvalue weighted by molar-refractivity contribution is 0.174. The van der Waals surface area contributed by atoms with E-state index in [0.717, 1.165) is 11.5 Å². The molecule has 0 aliphatic carbocycles. The standard InChI is InChI=1S/C7H6O2.CHClO/c1-2-4-7-6(3-1)8-5-9-7;2-1-3/h1-4H,5H2;1H. The van der Waals surface area contributed by atoms with Crippen LogP contribution in [0.15, 0.2) is 24.3 Å². The molecule has 0 bridgehead atoms. The Balaban J connectivity index is 0.000000213. The van der Waals surface area contributed by atoms with Crippen molar-refractivity contribution in [2.45, 2.75) is 0 Å². The number of fused-ring (bicyclic) bond motifs is 1. The zero-order valence-electron chi connectivity index (χ0n) is 6.20. The highest BCUT2D eigenvalue weighted by atomic mass is 35.5. The van der Waals surface area contributed by atoms with E-state index in [1.54, 1.807) is 0 Å². The number of carbonyl (C=O) groups is 1. The van der Waals surface area contributed by atoms with Crippen LogP contribution in [0, 0.1) is 0 Å². The Bertz CT molecular complexity index is 239. The van der Waals surface area contributed by atoms with E-state index in [9.17, 15) is 0 Å². The molecule has 2 rings (SSSR count). The van der Waals surface area contributed by atoms with Crippen LogP contribution in [-0.4, -0.2) is 12.5 Å². The summed E-state index contributed by atoms with van der Waals surface area (Å²) in [5.41, 5.74) is 0. The van der Waals surface area contributed by atoms with Gasteiger partial charge in [-0.2, -0.15) is 0 Å². The molecule has 0 saturated carbocycles. The summed E-state index contributed by atoms with van der Waals surface area (Å²) in [6.07, 6.45) is 0. The van der Waals surface area contributed by atoms with Crippen LogP contribution < -0.4 is 9.47 Å². The first-order chi connectivity index (χ1) is 5.88. The predicted molar refractivity (Wildman–Crippen MR) is 45.2 cm³/mol. The highest BCUT2D eigenvalue weighted by Gasteiger charge is 2.09. The first-order valence-electron chi connectivity index (χ1n) is 3.27. The molecule has 0 atom stereocenters. The van der Waals surface area contributed by atoms with Gasteiger partial charge in [-0.05, 0) is 23.7 Å². The van der Waals surface area contributed by atoms with Crippen LogP contribution in [0.3, 0.4) is 0 Å². The molecule has 0 unspecified atom stereocenters. The predicted octanol–water partition coefficient (Wildman–Crippen LogP) is 1.83. The summed E-state index contributed by atoms with van der Waals surface area (Å²) in [4.78, 5) is 8.57. The highest BCUT2D eigenvalue weighted by molar-refractivity contribution is 6.54. The number of ether oxygens (including phenoxy) is 2. The topological polar surface area (TPSA) is 35.5 Å². The first kappa shape index (κ1) is 8.87. The summed E-state index contributed by atoms with van der Waals surface area (Å²) in [5.74, 6) is 1.91. The molecule has 1 aliphatic heterocycles. The molecule has 1 aliphatic rings. The van der Waals surface area contributed by atoms with E-state index in [1.807, 2.05) is 24.3 Å². The Morgan fingerprint density at radius 3 is 2.08 bits per heavy atom. The summed E-state index contributed by atoms with van der Waals surface area (Å²) in [7, 11) is 0. The van der Waals surface area contributed by atoms with Crippen molar-refractivity contribution in [3.05, 3.63) is 24.3 Å². The molecule has 0 spiro atoms. The van der Waals surface area contributed by atoms with Crippen molar-refractivity contribution in [1.29, 1.82) is 0 Å². The lowest BCUT2D eigenvalue weighted by Crippen LogP contribution is -1.92. The van der Waals surface area contributed by atoms with Crippen LogP contribution in [-0.2, 0) is 4.79 Å². The summed E-state index contributed by atoms with van der Waals surface area (Å²) >= 11 is 4.32. The van der Waals surface area contributed by atoms with E-state index in [0.29, 0.717) is 6.79 Å².